The smallest absolute Gasteiger partial charge is 0.247 e. The molecule has 0 aromatic rings. The first-order valence-corrected chi connectivity index (χ1v) is 3.63. The van der Waals surface area contributed by atoms with Crippen molar-refractivity contribution in [3.63, 3.8) is 0 Å². The Bertz CT molecular complexity index is 199. The predicted molar refractivity (Wildman–Crippen MR) is 41.6 cm³/mol. The summed E-state index contributed by atoms with van der Waals surface area (Å²) in [7, 11) is 0. The number of hydrogen-bond donors (Lipinski definition) is 1. The maximum Gasteiger partial charge on any atom is 0.247 e. The van der Waals surface area contributed by atoms with Crippen LogP contribution in [-0.2, 0) is 0 Å². The summed E-state index contributed by atoms with van der Waals surface area (Å²) in [5, 5.41) is 3.32. The molecule has 2 nitrogen and oxygen atoms in total. The van der Waals surface area contributed by atoms with E-state index in [1.807, 2.05) is 18.5 Å². The van der Waals surface area contributed by atoms with E-state index < -0.39 is 0 Å². The number of allylic oxidation sites excluding steroid dienone is 2. The van der Waals surface area contributed by atoms with E-state index in [-0.39, 0.29) is 0 Å². The van der Waals surface area contributed by atoms with Gasteiger partial charge >= 0.3 is 0 Å². The van der Waals surface area contributed by atoms with Crippen LogP contribution in [0.4, 0.5) is 0 Å². The van der Waals surface area contributed by atoms with Gasteiger partial charge in [-0.2, -0.15) is 0 Å². The molecule has 1 N–H and O–H groups in total. The zero-order valence-corrected chi connectivity index (χ0v) is 5.80. The Morgan fingerprint density at radius 1 is 1.50 bits per heavy atom. The highest BCUT2D eigenvalue weighted by Crippen LogP contribution is 2.14. The summed E-state index contributed by atoms with van der Waals surface area (Å²) < 4.78 is 0. The molecule has 0 aromatic heterocycles. The fourth-order valence-electron chi connectivity index (χ4n) is 1.30. The van der Waals surface area contributed by atoms with Gasteiger partial charge in [-0.3, -0.25) is 0 Å². The van der Waals surface area contributed by atoms with Crippen molar-refractivity contribution < 1.29 is 0 Å². The molecule has 2 aliphatic heterocycles. The Balaban J connectivity index is 2.33. The van der Waals surface area contributed by atoms with Crippen molar-refractivity contribution in [1.29, 1.82) is 0 Å². The van der Waals surface area contributed by atoms with Crippen molar-refractivity contribution in [2.45, 2.75) is 12.8 Å². The molecule has 0 saturated carbocycles. The highest BCUT2D eigenvalue weighted by atomic mass is 14.9. The molecule has 0 atom stereocenters. The molecule has 0 amide bonds. The molecule has 0 aliphatic carbocycles. The highest BCUT2D eigenvalue weighted by Gasteiger charge is 2.14. The molecule has 10 heavy (non-hydrogen) atoms. The van der Waals surface area contributed by atoms with E-state index in [2.05, 4.69) is 10.3 Å². The molecule has 51 valence electrons. The van der Waals surface area contributed by atoms with Gasteiger partial charge in [-0.05, 0) is 12.8 Å². The second-order valence-corrected chi connectivity index (χ2v) is 2.56. The molecule has 2 heteroatoms. The van der Waals surface area contributed by atoms with Gasteiger partial charge in [0.05, 0.1) is 4.99 Å². The third kappa shape index (κ3) is 0.856. The fraction of sp³-hybridized carbons (Fsp3) is 0.375. The number of nitrogens with one attached hydrogen (secondary N) is 1. The topological polar surface area (TPSA) is 26.1 Å². The van der Waals surface area contributed by atoms with Gasteiger partial charge < -0.3 is 5.32 Å². The lowest BCUT2D eigenvalue weighted by atomic mass is 10.0. The summed E-state index contributed by atoms with van der Waals surface area (Å²) in [6.45, 7) is 1.11. The van der Waals surface area contributed by atoms with E-state index >= 15 is 0 Å². The summed E-state index contributed by atoms with van der Waals surface area (Å²) in [6, 6.07) is 0. The molecule has 0 unspecified atom stereocenters. The second-order valence-electron chi connectivity index (χ2n) is 2.56. The number of nitrogens with zero attached hydrogens (tertiary/aromatic N) is 1. The molecule has 2 aliphatic rings. The van der Waals surface area contributed by atoms with Gasteiger partial charge in [0.1, 0.15) is 0 Å². The summed E-state index contributed by atoms with van der Waals surface area (Å²) in [4.78, 5) is 4.06. The van der Waals surface area contributed by atoms with Crippen LogP contribution in [0.15, 0.2) is 23.5 Å². The monoisotopic (exact) mass is 134 g/mol. The SMILES string of the molecule is C1=CC2=C(C=[N+]1)CCCN2. The standard InChI is InChI=1S/C8H10N2/c1-2-7-6-9-5-3-8(7)10-4-1/h3,5-6,10H,1-2,4H2/q+1. The maximum absolute atomic E-state index is 4.06. The van der Waals surface area contributed by atoms with Crippen LogP contribution < -0.4 is 10.3 Å². The first-order chi connectivity index (χ1) is 4.97. The maximum atomic E-state index is 4.06. The predicted octanol–water partition coefficient (Wildman–Crippen LogP) is 0.558. The van der Waals surface area contributed by atoms with Crippen LogP contribution >= 0.6 is 0 Å². The fourth-order valence-corrected chi connectivity index (χ4v) is 1.30. The Morgan fingerprint density at radius 3 is 3.40 bits per heavy atom. The Kier molecular flexibility index (Phi) is 1.31. The van der Waals surface area contributed by atoms with E-state index in [0.29, 0.717) is 0 Å². The molecule has 1 radical (unpaired) electrons. The molecule has 0 spiro atoms. The van der Waals surface area contributed by atoms with E-state index in [4.69, 9.17) is 0 Å². The van der Waals surface area contributed by atoms with Gasteiger partial charge in [-0.1, -0.05) is 0 Å². The Hall–Kier alpha value is -1.05. The van der Waals surface area contributed by atoms with Gasteiger partial charge in [-0.25, -0.2) is 0 Å². The van der Waals surface area contributed by atoms with E-state index in [0.717, 1.165) is 6.54 Å². The van der Waals surface area contributed by atoms with Crippen molar-refractivity contribution in [3.05, 3.63) is 23.5 Å². The summed E-state index contributed by atoms with van der Waals surface area (Å²) >= 11 is 0. The van der Waals surface area contributed by atoms with Gasteiger partial charge in [0.2, 0.25) is 12.4 Å². The van der Waals surface area contributed by atoms with Crippen molar-refractivity contribution in [2.75, 3.05) is 6.54 Å². The summed E-state index contributed by atoms with van der Waals surface area (Å²) in [6.07, 6.45) is 8.22. The third-order valence-electron chi connectivity index (χ3n) is 1.84. The largest absolute Gasteiger partial charge is 0.384 e. The average Bonchev–Trinajstić information content (AvgIpc) is 2.05. The second kappa shape index (κ2) is 2.29. The van der Waals surface area contributed by atoms with Crippen LogP contribution in [0.1, 0.15) is 12.8 Å². The molecule has 0 saturated heterocycles. The van der Waals surface area contributed by atoms with Gasteiger partial charge in [-0.15, -0.1) is 0 Å². The zero-order valence-electron chi connectivity index (χ0n) is 5.80. The van der Waals surface area contributed by atoms with Crippen LogP contribution in [0.3, 0.4) is 0 Å². The lowest BCUT2D eigenvalue weighted by Gasteiger charge is -2.15. The molecule has 2 heterocycles. The summed E-state index contributed by atoms with van der Waals surface area (Å²) in [5.41, 5.74) is 2.62. The number of aliphatic imine (C=N–C) groups is 1. The lowest BCUT2D eigenvalue weighted by Crippen LogP contribution is -2.22. The number of rotatable bonds is 0. The minimum Gasteiger partial charge on any atom is -0.384 e. The minimum atomic E-state index is 1.11. The van der Waals surface area contributed by atoms with E-state index in [1.165, 1.54) is 24.1 Å². The molecular weight excluding hydrogens is 124 g/mol. The highest BCUT2D eigenvalue weighted by molar-refractivity contribution is 5.81. The normalized spacial score (nSPS) is 22.4. The molecule has 2 rings (SSSR count). The lowest BCUT2D eigenvalue weighted by molar-refractivity contribution is 0.689. The van der Waals surface area contributed by atoms with E-state index in [1.54, 1.807) is 0 Å². The van der Waals surface area contributed by atoms with Crippen LogP contribution in [-0.4, -0.2) is 12.8 Å². The van der Waals surface area contributed by atoms with Crippen LogP contribution in [0, 0.1) is 0 Å². The third-order valence-corrected chi connectivity index (χ3v) is 1.84. The molecule has 0 bridgehead atoms. The van der Waals surface area contributed by atoms with Crippen molar-refractivity contribution in [2.24, 2.45) is 0 Å². The average molecular weight is 134 g/mol. The van der Waals surface area contributed by atoms with Gasteiger partial charge in [0.25, 0.3) is 0 Å². The summed E-state index contributed by atoms with van der Waals surface area (Å²) in [5.74, 6) is 0. The Morgan fingerprint density at radius 2 is 2.50 bits per heavy atom. The molecule has 0 aromatic carbocycles. The first kappa shape index (κ1) is 5.71. The molecular formula is C8H10N2+. The van der Waals surface area contributed by atoms with Crippen LogP contribution in [0.5, 0.6) is 0 Å². The van der Waals surface area contributed by atoms with Gasteiger partial charge in [0.15, 0.2) is 0 Å². The quantitative estimate of drug-likeness (QED) is 0.514. The first-order valence-electron chi connectivity index (χ1n) is 3.63. The zero-order chi connectivity index (χ0) is 6.81. The van der Waals surface area contributed by atoms with Crippen molar-refractivity contribution in [1.82, 2.24) is 10.3 Å². The van der Waals surface area contributed by atoms with Crippen LogP contribution in [0.25, 0.3) is 0 Å². The molecule has 0 fully saturated rings. The minimum absolute atomic E-state index is 1.11. The Labute approximate surface area is 60.3 Å². The van der Waals surface area contributed by atoms with Crippen molar-refractivity contribution in [3.8, 4) is 0 Å². The van der Waals surface area contributed by atoms with Gasteiger partial charge in [0, 0.05) is 23.9 Å². The van der Waals surface area contributed by atoms with Crippen molar-refractivity contribution >= 4 is 6.21 Å². The number of hydrogen-bond acceptors (Lipinski definition) is 2. The van der Waals surface area contributed by atoms with Crippen LogP contribution in [0.2, 0.25) is 0 Å². The van der Waals surface area contributed by atoms with E-state index in [9.17, 15) is 0 Å².